The average molecular weight is 237 g/mol. The van der Waals surface area contributed by atoms with Gasteiger partial charge in [-0.2, -0.15) is 0 Å². The number of fused-ring (bicyclic) bond motifs is 1. The number of nitrogens with one attached hydrogen (secondary N) is 1. The van der Waals surface area contributed by atoms with Crippen LogP contribution in [0.1, 0.15) is 72.1 Å². The normalized spacial score (nSPS) is 34.4. The Morgan fingerprint density at radius 3 is 2.35 bits per heavy atom. The van der Waals surface area contributed by atoms with Crippen molar-refractivity contribution in [2.45, 2.75) is 78.2 Å². The highest BCUT2D eigenvalue weighted by Crippen LogP contribution is 2.40. The summed E-state index contributed by atoms with van der Waals surface area (Å²) in [5, 5.41) is 3.81. The molecule has 2 aliphatic rings. The molecule has 0 bridgehead atoms. The van der Waals surface area contributed by atoms with Gasteiger partial charge in [-0.25, -0.2) is 0 Å². The highest BCUT2D eigenvalue weighted by Gasteiger charge is 2.31. The van der Waals surface area contributed by atoms with Crippen LogP contribution in [0.15, 0.2) is 0 Å². The number of rotatable bonds is 3. The lowest BCUT2D eigenvalue weighted by Crippen LogP contribution is -2.39. The van der Waals surface area contributed by atoms with Gasteiger partial charge < -0.3 is 5.32 Å². The maximum atomic E-state index is 3.81. The highest BCUT2D eigenvalue weighted by atomic mass is 14.9. The Balaban J connectivity index is 1.69. The van der Waals surface area contributed by atoms with E-state index >= 15 is 0 Å². The first-order valence-corrected chi connectivity index (χ1v) is 7.78. The second-order valence-electron chi connectivity index (χ2n) is 7.58. The fraction of sp³-hybridized carbons (Fsp3) is 1.00. The minimum Gasteiger partial charge on any atom is -0.314 e. The van der Waals surface area contributed by atoms with Crippen molar-refractivity contribution in [1.82, 2.24) is 5.32 Å². The number of hydrogen-bond acceptors (Lipinski definition) is 1. The van der Waals surface area contributed by atoms with E-state index in [1.54, 1.807) is 0 Å². The van der Waals surface area contributed by atoms with Gasteiger partial charge >= 0.3 is 0 Å². The molecular formula is C16H31N. The van der Waals surface area contributed by atoms with Gasteiger partial charge in [0.1, 0.15) is 0 Å². The lowest BCUT2D eigenvalue weighted by atomic mass is 9.69. The second-order valence-corrected chi connectivity index (χ2v) is 7.58. The Morgan fingerprint density at radius 1 is 0.941 bits per heavy atom. The largest absolute Gasteiger partial charge is 0.314 e. The summed E-state index contributed by atoms with van der Waals surface area (Å²) in [5.74, 6) is 2.15. The molecule has 1 N–H and O–H groups in total. The molecule has 1 nitrogen and oxygen atoms in total. The van der Waals surface area contributed by atoms with E-state index in [9.17, 15) is 0 Å². The van der Waals surface area contributed by atoms with E-state index < -0.39 is 0 Å². The lowest BCUT2D eigenvalue weighted by molar-refractivity contribution is 0.142. The van der Waals surface area contributed by atoms with Crippen LogP contribution in [0.2, 0.25) is 0 Å². The molecule has 0 aliphatic heterocycles. The monoisotopic (exact) mass is 237 g/mol. The van der Waals surface area contributed by atoms with Gasteiger partial charge in [0, 0.05) is 6.04 Å². The summed E-state index contributed by atoms with van der Waals surface area (Å²) < 4.78 is 0. The van der Waals surface area contributed by atoms with E-state index in [0.717, 1.165) is 17.9 Å². The zero-order valence-corrected chi connectivity index (χ0v) is 12.1. The molecule has 0 aromatic heterocycles. The molecule has 0 aromatic carbocycles. The molecule has 0 radical (unpaired) electrons. The van der Waals surface area contributed by atoms with E-state index in [2.05, 4.69) is 26.1 Å². The van der Waals surface area contributed by atoms with Crippen LogP contribution in [0.3, 0.4) is 0 Å². The van der Waals surface area contributed by atoms with Crippen LogP contribution in [-0.2, 0) is 0 Å². The Hall–Kier alpha value is -0.0400. The maximum Gasteiger partial charge on any atom is 0.00699 e. The van der Waals surface area contributed by atoms with Crippen molar-refractivity contribution in [2.24, 2.45) is 17.3 Å². The molecule has 2 saturated carbocycles. The molecular weight excluding hydrogens is 206 g/mol. The van der Waals surface area contributed by atoms with Crippen molar-refractivity contribution in [3.05, 3.63) is 0 Å². The topological polar surface area (TPSA) is 12.0 Å². The van der Waals surface area contributed by atoms with Gasteiger partial charge in [0.2, 0.25) is 0 Å². The summed E-state index contributed by atoms with van der Waals surface area (Å²) in [7, 11) is 0. The maximum absolute atomic E-state index is 3.81. The molecule has 0 saturated heterocycles. The molecule has 1 heteroatoms. The van der Waals surface area contributed by atoms with Crippen molar-refractivity contribution >= 4 is 0 Å². The van der Waals surface area contributed by atoms with Crippen LogP contribution in [0.25, 0.3) is 0 Å². The molecule has 2 aliphatic carbocycles. The van der Waals surface area contributed by atoms with Gasteiger partial charge in [-0.15, -0.1) is 0 Å². The summed E-state index contributed by atoms with van der Waals surface area (Å²) in [6.07, 6.45) is 11.7. The molecule has 0 spiro atoms. The smallest absolute Gasteiger partial charge is 0.00699 e. The fourth-order valence-corrected chi connectivity index (χ4v) is 3.71. The van der Waals surface area contributed by atoms with Gasteiger partial charge in [-0.1, -0.05) is 46.5 Å². The Morgan fingerprint density at radius 2 is 1.65 bits per heavy atom. The summed E-state index contributed by atoms with van der Waals surface area (Å²) in [6, 6.07) is 0.830. The van der Waals surface area contributed by atoms with Crippen LogP contribution in [0.5, 0.6) is 0 Å². The quantitative estimate of drug-likeness (QED) is 0.768. The minimum absolute atomic E-state index is 0.481. The zero-order valence-electron chi connectivity index (χ0n) is 12.1. The van der Waals surface area contributed by atoms with E-state index in [1.165, 1.54) is 57.9 Å². The van der Waals surface area contributed by atoms with Gasteiger partial charge in [0.25, 0.3) is 0 Å². The first kappa shape index (κ1) is 13.4. The van der Waals surface area contributed by atoms with Crippen molar-refractivity contribution < 1.29 is 0 Å². The van der Waals surface area contributed by atoms with E-state index in [0.29, 0.717) is 5.41 Å². The summed E-state index contributed by atoms with van der Waals surface area (Å²) in [4.78, 5) is 0. The van der Waals surface area contributed by atoms with Crippen LogP contribution in [0.4, 0.5) is 0 Å². The average Bonchev–Trinajstić information content (AvgIpc) is 2.27. The van der Waals surface area contributed by atoms with Crippen LogP contribution >= 0.6 is 0 Å². The molecule has 2 fully saturated rings. The van der Waals surface area contributed by atoms with Crippen molar-refractivity contribution in [2.75, 3.05) is 6.54 Å². The lowest BCUT2D eigenvalue weighted by Gasteiger charge is -2.39. The molecule has 0 amide bonds. The van der Waals surface area contributed by atoms with Crippen LogP contribution < -0.4 is 5.32 Å². The third-order valence-electron chi connectivity index (χ3n) is 4.85. The fourth-order valence-electron chi connectivity index (χ4n) is 3.71. The predicted molar refractivity (Wildman–Crippen MR) is 75.2 cm³/mol. The van der Waals surface area contributed by atoms with Crippen molar-refractivity contribution in [3.8, 4) is 0 Å². The van der Waals surface area contributed by atoms with Gasteiger partial charge in [-0.3, -0.25) is 0 Å². The Labute approximate surface area is 108 Å². The predicted octanol–water partition coefficient (Wildman–Crippen LogP) is 4.37. The zero-order chi connectivity index (χ0) is 12.3. The standard InChI is InChI=1S/C16H31N/c1-16(2,3)10-11-17-15-9-8-13-6-4-5-7-14(13)12-15/h13-15,17H,4-12H2,1-3H3. The SMILES string of the molecule is CC(C)(C)CCNC1CCC2CCCCC2C1. The Bertz CT molecular complexity index is 228. The number of hydrogen-bond donors (Lipinski definition) is 1. The molecule has 3 atom stereocenters. The Kier molecular flexibility index (Phi) is 4.52. The summed E-state index contributed by atoms with van der Waals surface area (Å²) in [5.41, 5.74) is 0.481. The van der Waals surface area contributed by atoms with E-state index in [4.69, 9.17) is 0 Å². The molecule has 2 rings (SSSR count). The van der Waals surface area contributed by atoms with Gasteiger partial charge in [-0.05, 0) is 49.5 Å². The second kappa shape index (κ2) is 5.73. The highest BCUT2D eigenvalue weighted by molar-refractivity contribution is 4.86. The van der Waals surface area contributed by atoms with Crippen molar-refractivity contribution in [3.63, 3.8) is 0 Å². The molecule has 0 aromatic rings. The first-order valence-electron chi connectivity index (χ1n) is 7.78. The van der Waals surface area contributed by atoms with Crippen molar-refractivity contribution in [1.29, 1.82) is 0 Å². The minimum atomic E-state index is 0.481. The van der Waals surface area contributed by atoms with Gasteiger partial charge in [0.05, 0.1) is 0 Å². The molecule has 100 valence electrons. The third kappa shape index (κ3) is 4.28. The molecule has 3 unspecified atom stereocenters. The van der Waals surface area contributed by atoms with Crippen LogP contribution in [0, 0.1) is 17.3 Å². The van der Waals surface area contributed by atoms with Crippen LogP contribution in [-0.4, -0.2) is 12.6 Å². The van der Waals surface area contributed by atoms with E-state index in [1.807, 2.05) is 0 Å². The summed E-state index contributed by atoms with van der Waals surface area (Å²) >= 11 is 0. The van der Waals surface area contributed by atoms with Gasteiger partial charge in [0.15, 0.2) is 0 Å². The summed E-state index contributed by atoms with van der Waals surface area (Å²) in [6.45, 7) is 8.23. The molecule has 17 heavy (non-hydrogen) atoms. The molecule has 0 heterocycles. The third-order valence-corrected chi connectivity index (χ3v) is 4.85. The first-order chi connectivity index (χ1) is 8.04. The van der Waals surface area contributed by atoms with E-state index in [-0.39, 0.29) is 0 Å².